The summed E-state index contributed by atoms with van der Waals surface area (Å²) in [7, 11) is 1.54. The first kappa shape index (κ1) is 43.7. The van der Waals surface area contributed by atoms with E-state index in [2.05, 4.69) is 36.6 Å². The molecule has 0 saturated carbocycles. The van der Waals surface area contributed by atoms with Gasteiger partial charge in [0.2, 0.25) is 29.5 Å². The number of aromatic amines is 1. The highest BCUT2D eigenvalue weighted by Gasteiger charge is 2.34. The van der Waals surface area contributed by atoms with Crippen LogP contribution in [0.1, 0.15) is 62.5 Å². The lowest BCUT2D eigenvalue weighted by atomic mass is 9.99. The number of amides is 6. The van der Waals surface area contributed by atoms with Crippen molar-refractivity contribution in [1.29, 1.82) is 0 Å². The van der Waals surface area contributed by atoms with Crippen molar-refractivity contribution in [2.75, 3.05) is 25.9 Å². The summed E-state index contributed by atoms with van der Waals surface area (Å²) in [6.07, 6.45) is 3.37. The molecule has 2 aromatic carbocycles. The van der Waals surface area contributed by atoms with Crippen LogP contribution in [-0.2, 0) is 36.8 Å². The molecule has 0 spiro atoms. The highest BCUT2D eigenvalue weighted by Crippen LogP contribution is 2.20. The maximum Gasteiger partial charge on any atom is 0.255 e. The van der Waals surface area contributed by atoms with Crippen LogP contribution in [0.15, 0.2) is 73.1 Å². The van der Waals surface area contributed by atoms with Gasteiger partial charge in [-0.2, -0.15) is 0 Å². The molecule has 0 aliphatic carbocycles. The molecule has 8 N–H and O–H groups in total. The Balaban J connectivity index is 1.55. The summed E-state index contributed by atoms with van der Waals surface area (Å²) < 4.78 is 5.29. The summed E-state index contributed by atoms with van der Waals surface area (Å²) in [5, 5.41) is 15.1. The van der Waals surface area contributed by atoms with Gasteiger partial charge in [-0.05, 0) is 66.6 Å². The molecule has 0 radical (unpaired) electrons. The number of carbonyl (C=O) groups excluding carboxylic acids is 6. The Hall–Kier alpha value is -6.45. The Morgan fingerprint density at radius 3 is 2.14 bits per heavy atom. The zero-order valence-corrected chi connectivity index (χ0v) is 34.3. The van der Waals surface area contributed by atoms with Crippen molar-refractivity contribution in [1.82, 2.24) is 41.5 Å². The summed E-state index contributed by atoms with van der Waals surface area (Å²) in [6, 6.07) is 12.3. The number of nitrogens with one attached hydrogen (secondary N) is 6. The number of aromatic nitrogens is 2. The Morgan fingerprint density at radius 1 is 0.814 bits per heavy atom. The number of hydrogen-bond acceptors (Lipinski definition) is 9. The molecule has 314 valence electrons. The second-order valence-corrected chi connectivity index (χ2v) is 15.7. The van der Waals surface area contributed by atoms with Crippen molar-refractivity contribution in [2.45, 2.75) is 84.1 Å². The minimum atomic E-state index is -1.20. The van der Waals surface area contributed by atoms with Crippen molar-refractivity contribution in [3.05, 3.63) is 89.7 Å². The Labute approximate surface area is 343 Å². The minimum absolute atomic E-state index is 0.0402. The van der Waals surface area contributed by atoms with Gasteiger partial charge in [0.15, 0.2) is 0 Å². The fourth-order valence-corrected chi connectivity index (χ4v) is 6.88. The number of nitrogen functional groups attached to an aromatic ring is 1. The highest BCUT2D eigenvalue weighted by molar-refractivity contribution is 5.99. The number of H-pyrrole nitrogens is 1. The molecule has 0 unspecified atom stereocenters. The molecule has 1 aliphatic heterocycles. The molecule has 16 nitrogen and oxygen atoms in total. The van der Waals surface area contributed by atoms with E-state index in [4.69, 9.17) is 10.5 Å². The first-order valence-corrected chi connectivity index (χ1v) is 19.8. The molecule has 1 fully saturated rings. The largest absolute Gasteiger partial charge is 0.497 e. The Kier molecular flexibility index (Phi) is 14.7. The van der Waals surface area contributed by atoms with Crippen molar-refractivity contribution >= 4 is 52.2 Å². The predicted molar refractivity (Wildman–Crippen MR) is 223 cm³/mol. The van der Waals surface area contributed by atoms with Gasteiger partial charge in [0, 0.05) is 48.7 Å². The molecule has 2 aromatic heterocycles. The lowest BCUT2D eigenvalue weighted by Crippen LogP contribution is -2.60. The summed E-state index contributed by atoms with van der Waals surface area (Å²) in [5.41, 5.74) is 8.22. The third kappa shape index (κ3) is 11.8. The molecule has 6 amide bonds. The number of carbonyl (C=O) groups is 6. The number of anilines is 1. The van der Waals surface area contributed by atoms with Gasteiger partial charge in [-0.3, -0.25) is 28.8 Å². The number of ether oxygens (including phenoxy) is 1. The predicted octanol–water partition coefficient (Wildman–Crippen LogP) is 2.24. The quantitative estimate of drug-likeness (QED) is 0.131. The number of methoxy groups -OCH3 is 1. The average molecular weight is 810 g/mol. The molecular weight excluding hydrogens is 755 g/mol. The van der Waals surface area contributed by atoms with Gasteiger partial charge in [0.05, 0.1) is 19.2 Å². The standard InChI is InChI=1S/C43H55N9O7/c1-24(2)17-33-41(56)50-34(18-27-11-14-30(59-6)15-12-27)40(55)47-26(5)39(54)51-36(25(3)4)22-52(43(58)28-13-16-37(44)46-20-28)23-38(53)48-35(42(57)49-33)19-29-21-45-32-10-8-7-9-31(29)32/h7-16,20-21,24-26,33-36,45H,17-19,22-23H2,1-6H3,(H2,44,46)(H,47,55)(H,48,53)(H,49,57)(H,50,56)(H,51,54)/t26-,33+,34+,35-,36-/m1/s1. The summed E-state index contributed by atoms with van der Waals surface area (Å²) >= 11 is 0. The van der Waals surface area contributed by atoms with Crippen LogP contribution in [0.4, 0.5) is 5.82 Å². The lowest BCUT2D eigenvalue weighted by molar-refractivity contribution is -0.135. The number of rotatable bonds is 9. The van der Waals surface area contributed by atoms with E-state index in [0.717, 1.165) is 16.5 Å². The molecular formula is C43H55N9O7. The summed E-state index contributed by atoms with van der Waals surface area (Å²) in [5.74, 6) is -3.13. The van der Waals surface area contributed by atoms with Gasteiger partial charge < -0.3 is 46.9 Å². The monoisotopic (exact) mass is 809 g/mol. The number of hydrogen-bond donors (Lipinski definition) is 7. The van der Waals surface area contributed by atoms with Gasteiger partial charge in [0.25, 0.3) is 5.91 Å². The molecule has 0 bridgehead atoms. The molecule has 4 aromatic rings. The fourth-order valence-electron chi connectivity index (χ4n) is 6.88. The zero-order valence-electron chi connectivity index (χ0n) is 34.3. The Morgan fingerprint density at radius 2 is 1.47 bits per heavy atom. The molecule has 16 heteroatoms. The van der Waals surface area contributed by atoms with Crippen LogP contribution in [-0.4, -0.2) is 101 Å². The van der Waals surface area contributed by atoms with Gasteiger partial charge in [0.1, 0.15) is 35.7 Å². The molecule has 3 heterocycles. The topological polar surface area (TPSA) is 230 Å². The number of benzene rings is 2. The first-order valence-electron chi connectivity index (χ1n) is 19.8. The van der Waals surface area contributed by atoms with Crippen LogP contribution in [0.5, 0.6) is 5.75 Å². The van der Waals surface area contributed by atoms with E-state index in [9.17, 15) is 28.8 Å². The van der Waals surface area contributed by atoms with Crippen LogP contribution in [0, 0.1) is 11.8 Å². The number of pyridine rings is 1. The number of fused-ring (bicyclic) bond motifs is 1. The second kappa shape index (κ2) is 19.8. The molecule has 1 saturated heterocycles. The number of nitrogens with zero attached hydrogens (tertiary/aromatic N) is 2. The van der Waals surface area contributed by atoms with Crippen LogP contribution < -0.4 is 37.1 Å². The van der Waals surface area contributed by atoms with Gasteiger partial charge in [-0.15, -0.1) is 0 Å². The molecule has 1 aliphatic rings. The zero-order chi connectivity index (χ0) is 42.8. The fraction of sp³-hybridized carbons (Fsp3) is 0.419. The maximum absolute atomic E-state index is 14.4. The van der Waals surface area contributed by atoms with Crippen LogP contribution in [0.25, 0.3) is 10.9 Å². The van der Waals surface area contributed by atoms with E-state index in [-0.39, 0.29) is 49.0 Å². The van der Waals surface area contributed by atoms with Crippen molar-refractivity contribution in [2.24, 2.45) is 11.8 Å². The van der Waals surface area contributed by atoms with E-state index >= 15 is 0 Å². The number of nitrogens with two attached hydrogens (primary N) is 1. The van der Waals surface area contributed by atoms with Crippen LogP contribution in [0.2, 0.25) is 0 Å². The highest BCUT2D eigenvalue weighted by atomic mass is 16.5. The third-order valence-electron chi connectivity index (χ3n) is 10.3. The normalized spacial score (nSPS) is 21.5. The van der Waals surface area contributed by atoms with Gasteiger partial charge >= 0.3 is 0 Å². The molecule has 59 heavy (non-hydrogen) atoms. The summed E-state index contributed by atoms with van der Waals surface area (Å²) in [6.45, 7) is 8.41. The molecule has 5 atom stereocenters. The lowest BCUT2D eigenvalue weighted by Gasteiger charge is -2.32. The number of para-hydroxylation sites is 1. The second-order valence-electron chi connectivity index (χ2n) is 15.7. The van der Waals surface area contributed by atoms with E-state index < -0.39 is 72.2 Å². The SMILES string of the molecule is COc1ccc(C[C@@H]2NC(=O)[C@H](CC(C)C)NC(=O)[C@@H](Cc3c[nH]c4ccccc34)NC(=O)CN(C(=O)c3ccc(N)nc3)C[C@H](C(C)C)NC(=O)[C@@H](C)NC2=O)cc1. The van der Waals surface area contributed by atoms with E-state index in [1.54, 1.807) is 30.5 Å². The van der Waals surface area contributed by atoms with Crippen molar-refractivity contribution in [3.8, 4) is 5.75 Å². The van der Waals surface area contributed by atoms with Crippen molar-refractivity contribution < 1.29 is 33.5 Å². The Bertz CT molecular complexity index is 2120. The van der Waals surface area contributed by atoms with Gasteiger partial charge in [-0.1, -0.05) is 58.0 Å². The first-order chi connectivity index (χ1) is 28.1. The van der Waals surface area contributed by atoms with Crippen LogP contribution in [0.3, 0.4) is 0 Å². The van der Waals surface area contributed by atoms with Crippen LogP contribution >= 0.6 is 0 Å². The van der Waals surface area contributed by atoms with E-state index in [1.165, 1.54) is 37.3 Å². The molecule has 5 rings (SSSR count). The average Bonchev–Trinajstić information content (AvgIpc) is 3.61. The van der Waals surface area contributed by atoms with E-state index in [1.807, 2.05) is 52.0 Å². The third-order valence-corrected chi connectivity index (χ3v) is 10.3. The van der Waals surface area contributed by atoms with E-state index in [0.29, 0.717) is 11.3 Å². The van der Waals surface area contributed by atoms with Gasteiger partial charge in [-0.25, -0.2) is 4.98 Å². The van der Waals surface area contributed by atoms with Crippen molar-refractivity contribution in [3.63, 3.8) is 0 Å². The maximum atomic E-state index is 14.4. The summed E-state index contributed by atoms with van der Waals surface area (Å²) in [4.78, 5) is 93.0. The minimum Gasteiger partial charge on any atom is -0.497 e. The smallest absolute Gasteiger partial charge is 0.255 e.